The highest BCUT2D eigenvalue weighted by Gasteiger charge is 2.19. The van der Waals surface area contributed by atoms with Crippen LogP contribution in [0.15, 0.2) is 36.7 Å². The highest BCUT2D eigenvalue weighted by atomic mass is 16.6. The van der Waals surface area contributed by atoms with Gasteiger partial charge in [0.25, 0.3) is 0 Å². The number of hydrogen-bond acceptors (Lipinski definition) is 4. The number of hydrogen-bond donors (Lipinski definition) is 1. The van der Waals surface area contributed by atoms with Crippen LogP contribution in [0.25, 0.3) is 0 Å². The van der Waals surface area contributed by atoms with Gasteiger partial charge in [0.1, 0.15) is 0 Å². The molecule has 0 aliphatic heterocycles. The molecule has 1 unspecified atom stereocenters. The molecule has 0 radical (unpaired) electrons. The molecule has 1 aliphatic carbocycles. The first-order chi connectivity index (χ1) is 10.7. The van der Waals surface area contributed by atoms with Crippen molar-refractivity contribution in [2.45, 2.75) is 38.6 Å². The first-order valence-corrected chi connectivity index (χ1v) is 7.54. The summed E-state index contributed by atoms with van der Waals surface area (Å²) in [4.78, 5) is 20.1. The number of benzene rings is 1. The van der Waals surface area contributed by atoms with Gasteiger partial charge in [-0.25, -0.2) is 9.78 Å². The number of carbonyl (C=O) groups is 1. The van der Waals surface area contributed by atoms with Crippen LogP contribution in [0.4, 0.5) is 4.79 Å². The number of amides is 1. The molecule has 1 amide bonds. The largest absolute Gasteiger partial charge is 0.414 e. The molecule has 3 rings (SSSR count). The van der Waals surface area contributed by atoms with E-state index in [4.69, 9.17) is 4.74 Å². The lowest BCUT2D eigenvalue weighted by molar-refractivity contribution is 0.193. The summed E-state index contributed by atoms with van der Waals surface area (Å²) < 4.78 is 5.18. The van der Waals surface area contributed by atoms with Crippen molar-refractivity contribution in [2.24, 2.45) is 0 Å². The molecule has 1 aliphatic rings. The van der Waals surface area contributed by atoms with Crippen molar-refractivity contribution in [3.8, 4) is 5.88 Å². The fraction of sp³-hybridized carbons (Fsp3) is 0.353. The van der Waals surface area contributed by atoms with Crippen LogP contribution in [0.3, 0.4) is 0 Å². The molecule has 1 atom stereocenters. The zero-order valence-electron chi connectivity index (χ0n) is 12.6. The molecule has 0 saturated carbocycles. The maximum absolute atomic E-state index is 12.0. The molecule has 5 heteroatoms. The molecular formula is C17H19N3O2. The topological polar surface area (TPSA) is 64.1 Å². The second-order valence-corrected chi connectivity index (χ2v) is 5.59. The van der Waals surface area contributed by atoms with E-state index in [1.165, 1.54) is 17.3 Å². The Morgan fingerprint density at radius 3 is 2.82 bits per heavy atom. The summed E-state index contributed by atoms with van der Waals surface area (Å²) in [6, 6.07) is 8.50. The number of ether oxygens (including phenoxy) is 1. The molecule has 5 nitrogen and oxygen atoms in total. The van der Waals surface area contributed by atoms with Crippen LogP contribution in [0, 0.1) is 6.92 Å². The molecule has 22 heavy (non-hydrogen) atoms. The van der Waals surface area contributed by atoms with Crippen molar-refractivity contribution < 1.29 is 9.53 Å². The van der Waals surface area contributed by atoms with Crippen LogP contribution >= 0.6 is 0 Å². The Kier molecular flexibility index (Phi) is 4.32. The Bertz CT molecular complexity index is 655. The number of fused-ring (bicyclic) bond motifs is 1. The van der Waals surface area contributed by atoms with Gasteiger partial charge < -0.3 is 10.1 Å². The van der Waals surface area contributed by atoms with Crippen molar-refractivity contribution in [1.82, 2.24) is 15.3 Å². The van der Waals surface area contributed by atoms with Crippen molar-refractivity contribution in [3.05, 3.63) is 53.5 Å². The number of carbonyl (C=O) groups excluding carboxylic acids is 1. The van der Waals surface area contributed by atoms with Crippen LogP contribution < -0.4 is 10.1 Å². The molecular weight excluding hydrogens is 278 g/mol. The summed E-state index contributed by atoms with van der Waals surface area (Å²) in [6.45, 7) is 1.83. The summed E-state index contributed by atoms with van der Waals surface area (Å²) in [5.41, 5.74) is 3.47. The number of nitrogens with zero attached hydrogens (tertiary/aromatic N) is 2. The molecule has 114 valence electrons. The van der Waals surface area contributed by atoms with E-state index in [1.54, 1.807) is 6.20 Å². The van der Waals surface area contributed by atoms with E-state index >= 15 is 0 Å². The maximum atomic E-state index is 12.0. The van der Waals surface area contributed by atoms with Crippen LogP contribution in [-0.4, -0.2) is 22.1 Å². The lowest BCUT2D eigenvalue weighted by Gasteiger charge is -2.16. The van der Waals surface area contributed by atoms with Gasteiger partial charge >= 0.3 is 6.09 Å². The minimum atomic E-state index is -0.470. The first-order valence-electron chi connectivity index (χ1n) is 7.54. The van der Waals surface area contributed by atoms with E-state index in [0.717, 1.165) is 31.4 Å². The lowest BCUT2D eigenvalue weighted by atomic mass is 10.0. The van der Waals surface area contributed by atoms with Crippen molar-refractivity contribution in [1.29, 1.82) is 0 Å². The molecule has 1 aromatic carbocycles. The second-order valence-electron chi connectivity index (χ2n) is 5.59. The highest BCUT2D eigenvalue weighted by Crippen LogP contribution is 2.20. The molecule has 0 bridgehead atoms. The monoisotopic (exact) mass is 297 g/mol. The number of rotatable bonds is 2. The number of aromatic nitrogens is 2. The highest BCUT2D eigenvalue weighted by molar-refractivity contribution is 5.70. The van der Waals surface area contributed by atoms with Gasteiger partial charge in [-0.05, 0) is 43.7 Å². The zero-order chi connectivity index (χ0) is 15.4. The molecule has 1 aromatic heterocycles. The Morgan fingerprint density at radius 2 is 2.05 bits per heavy atom. The fourth-order valence-electron chi connectivity index (χ4n) is 2.75. The second kappa shape index (κ2) is 6.56. The lowest BCUT2D eigenvalue weighted by Crippen LogP contribution is -2.38. The van der Waals surface area contributed by atoms with Crippen molar-refractivity contribution >= 4 is 6.09 Å². The van der Waals surface area contributed by atoms with Crippen molar-refractivity contribution in [3.63, 3.8) is 0 Å². The van der Waals surface area contributed by atoms with Gasteiger partial charge in [0.05, 0.1) is 18.1 Å². The number of aryl methyl sites for hydroxylation is 2. The SMILES string of the molecule is Cc1cnc(OC(=O)NC2CCCc3ccccc3C2)cn1. The van der Waals surface area contributed by atoms with E-state index in [2.05, 4.69) is 33.5 Å². The standard InChI is InChI=1S/C17H19N3O2/c1-12-10-19-16(11-18-12)22-17(21)20-15-8-4-7-13-5-2-3-6-14(13)9-15/h2-3,5-6,10-11,15H,4,7-9H2,1H3,(H,20,21). The average Bonchev–Trinajstić information content (AvgIpc) is 2.71. The third kappa shape index (κ3) is 3.61. The minimum absolute atomic E-state index is 0.0922. The van der Waals surface area contributed by atoms with Gasteiger partial charge in [-0.2, -0.15) is 0 Å². The summed E-state index contributed by atoms with van der Waals surface area (Å²) in [6.07, 6.45) is 6.47. The molecule has 0 fully saturated rings. The smallest absolute Gasteiger partial charge is 0.390 e. The summed E-state index contributed by atoms with van der Waals surface area (Å²) in [5, 5.41) is 2.93. The normalized spacial score (nSPS) is 17.2. The third-order valence-electron chi connectivity index (χ3n) is 3.86. The van der Waals surface area contributed by atoms with Gasteiger partial charge in [0.15, 0.2) is 0 Å². The summed E-state index contributed by atoms with van der Waals surface area (Å²) in [7, 11) is 0. The molecule has 2 aromatic rings. The van der Waals surface area contributed by atoms with Gasteiger partial charge in [0, 0.05) is 6.04 Å². The van der Waals surface area contributed by atoms with Gasteiger partial charge in [-0.1, -0.05) is 24.3 Å². The van der Waals surface area contributed by atoms with Gasteiger partial charge in [-0.3, -0.25) is 4.98 Å². The quantitative estimate of drug-likeness (QED) is 0.866. The van der Waals surface area contributed by atoms with E-state index in [0.29, 0.717) is 0 Å². The van der Waals surface area contributed by atoms with Gasteiger partial charge in [-0.15, -0.1) is 0 Å². The van der Waals surface area contributed by atoms with Crippen LogP contribution in [-0.2, 0) is 12.8 Å². The summed E-state index contributed by atoms with van der Waals surface area (Å²) >= 11 is 0. The molecule has 1 N–H and O–H groups in total. The molecule has 0 spiro atoms. The predicted octanol–water partition coefficient (Wildman–Crippen LogP) is 2.82. The van der Waals surface area contributed by atoms with Crippen LogP contribution in [0.5, 0.6) is 5.88 Å². The first kappa shape index (κ1) is 14.5. The Morgan fingerprint density at radius 1 is 1.23 bits per heavy atom. The molecule has 1 heterocycles. The Balaban J connectivity index is 1.61. The van der Waals surface area contributed by atoms with E-state index in [1.807, 2.05) is 13.0 Å². The Hall–Kier alpha value is -2.43. The predicted molar refractivity (Wildman–Crippen MR) is 82.8 cm³/mol. The van der Waals surface area contributed by atoms with Crippen LogP contribution in [0.1, 0.15) is 29.7 Å². The van der Waals surface area contributed by atoms with Gasteiger partial charge in [0.2, 0.25) is 5.88 Å². The minimum Gasteiger partial charge on any atom is -0.390 e. The molecule has 0 saturated heterocycles. The average molecular weight is 297 g/mol. The fourth-order valence-corrected chi connectivity index (χ4v) is 2.75. The van der Waals surface area contributed by atoms with Crippen molar-refractivity contribution in [2.75, 3.05) is 0 Å². The van der Waals surface area contributed by atoms with E-state index in [-0.39, 0.29) is 11.9 Å². The maximum Gasteiger partial charge on any atom is 0.414 e. The van der Waals surface area contributed by atoms with E-state index in [9.17, 15) is 4.79 Å². The zero-order valence-corrected chi connectivity index (χ0v) is 12.6. The summed E-state index contributed by atoms with van der Waals surface area (Å²) in [5.74, 6) is 0.220. The van der Waals surface area contributed by atoms with E-state index < -0.39 is 6.09 Å². The Labute approximate surface area is 129 Å². The van der Waals surface area contributed by atoms with Crippen LogP contribution in [0.2, 0.25) is 0 Å². The number of nitrogens with one attached hydrogen (secondary N) is 1. The third-order valence-corrected chi connectivity index (χ3v) is 3.86.